The topological polar surface area (TPSA) is 77.4 Å². The van der Waals surface area contributed by atoms with Crippen LogP contribution in [-0.2, 0) is 9.53 Å². The van der Waals surface area contributed by atoms with Crippen LogP contribution in [0, 0.1) is 0 Å². The van der Waals surface area contributed by atoms with Crippen molar-refractivity contribution in [1.82, 2.24) is 4.90 Å². The Morgan fingerprint density at radius 2 is 2.00 bits per heavy atom. The Kier molecular flexibility index (Phi) is 8.19. The summed E-state index contributed by atoms with van der Waals surface area (Å²) in [6.45, 7) is 5.97. The van der Waals surface area contributed by atoms with Gasteiger partial charge in [0, 0.05) is 7.05 Å². The molecule has 0 bridgehead atoms. The zero-order valence-corrected chi connectivity index (χ0v) is 20.0. The molecule has 1 amide bonds. The second-order valence-corrected chi connectivity index (χ2v) is 8.19. The minimum atomic E-state index is -0.389. The van der Waals surface area contributed by atoms with Crippen LogP contribution in [0.4, 0.5) is 5.69 Å². The number of carbonyl (C=O) groups excluding carboxylic acids is 2. The van der Waals surface area contributed by atoms with Crippen LogP contribution in [0.1, 0.15) is 22.8 Å². The molecule has 0 aromatic heterocycles. The zero-order chi connectivity index (χ0) is 24.0. The van der Waals surface area contributed by atoms with Crippen LogP contribution in [-0.4, -0.2) is 49.3 Å². The summed E-state index contributed by atoms with van der Waals surface area (Å²) in [6.07, 6.45) is 3.34. The summed E-state index contributed by atoms with van der Waals surface area (Å²) in [5.41, 5.74) is 1.74. The highest BCUT2D eigenvalue weighted by atomic mass is 35.5. The maximum atomic E-state index is 12.8. The minimum absolute atomic E-state index is 0.191. The Morgan fingerprint density at radius 1 is 1.27 bits per heavy atom. The van der Waals surface area contributed by atoms with Gasteiger partial charge in [-0.05, 0) is 66.7 Å². The number of hydrogen-bond acceptors (Lipinski definition) is 7. The summed E-state index contributed by atoms with van der Waals surface area (Å²) in [7, 11) is 3.17. The minimum Gasteiger partial charge on any atom is -0.493 e. The van der Waals surface area contributed by atoms with Gasteiger partial charge in [-0.2, -0.15) is 0 Å². The number of halogens is 1. The van der Waals surface area contributed by atoms with Crippen molar-refractivity contribution in [2.24, 2.45) is 4.99 Å². The van der Waals surface area contributed by atoms with E-state index in [1.54, 1.807) is 62.5 Å². The molecule has 0 saturated carbocycles. The third kappa shape index (κ3) is 5.77. The van der Waals surface area contributed by atoms with Crippen LogP contribution in [0.25, 0.3) is 6.08 Å². The molecule has 9 heteroatoms. The van der Waals surface area contributed by atoms with E-state index in [0.29, 0.717) is 50.0 Å². The summed E-state index contributed by atoms with van der Waals surface area (Å²) >= 11 is 7.60. The number of benzene rings is 2. The lowest BCUT2D eigenvalue weighted by molar-refractivity contribution is -0.121. The number of ether oxygens (including phenoxy) is 3. The number of amidine groups is 1. The number of thioether (sulfide) groups is 1. The summed E-state index contributed by atoms with van der Waals surface area (Å²) in [6, 6.07) is 10.1. The van der Waals surface area contributed by atoms with Crippen molar-refractivity contribution in [3.63, 3.8) is 0 Å². The number of aliphatic imine (C=N–C) groups is 1. The monoisotopic (exact) mass is 486 g/mol. The number of esters is 1. The molecule has 0 spiro atoms. The van der Waals surface area contributed by atoms with Gasteiger partial charge in [-0.1, -0.05) is 24.3 Å². The fraction of sp³-hybridized carbons (Fsp3) is 0.208. The van der Waals surface area contributed by atoms with Gasteiger partial charge < -0.3 is 14.2 Å². The molecule has 0 radical (unpaired) electrons. The second-order valence-electron chi connectivity index (χ2n) is 6.77. The van der Waals surface area contributed by atoms with E-state index >= 15 is 0 Å². The Hall–Kier alpha value is -3.23. The molecular weight excluding hydrogens is 464 g/mol. The number of nitrogens with zero attached hydrogens (tertiary/aromatic N) is 2. The largest absolute Gasteiger partial charge is 0.493 e. The van der Waals surface area contributed by atoms with Crippen molar-refractivity contribution in [2.45, 2.75) is 6.92 Å². The SMILES string of the molecule is C=CCOc1c(Cl)cc(C=C2SC(=Nc3ccc(C(=O)OCC)cc3)N(C)C2=O)cc1OC. The fourth-order valence-electron chi connectivity index (χ4n) is 2.91. The molecule has 1 heterocycles. The molecule has 0 atom stereocenters. The second kappa shape index (κ2) is 11.1. The first-order valence-electron chi connectivity index (χ1n) is 10.0. The standard InChI is InChI=1S/C24H23ClN2O5S/c1-5-11-32-21-18(25)12-15(13-19(21)30-4)14-20-22(28)27(3)24(33-20)26-17-9-7-16(8-10-17)23(29)31-6-2/h5,7-10,12-14H,1,6,11H2,2-4H3. The van der Waals surface area contributed by atoms with Crippen LogP contribution in [0.3, 0.4) is 0 Å². The van der Waals surface area contributed by atoms with Gasteiger partial charge in [0.1, 0.15) is 6.61 Å². The Bertz CT molecular complexity index is 1130. The zero-order valence-electron chi connectivity index (χ0n) is 18.5. The molecule has 1 saturated heterocycles. The predicted molar refractivity (Wildman–Crippen MR) is 132 cm³/mol. The Balaban J connectivity index is 1.84. The third-order valence-corrected chi connectivity index (χ3v) is 5.84. The van der Waals surface area contributed by atoms with Crippen molar-refractivity contribution < 1.29 is 23.8 Å². The maximum absolute atomic E-state index is 12.8. The van der Waals surface area contributed by atoms with Crippen LogP contribution in [0.2, 0.25) is 5.02 Å². The van der Waals surface area contributed by atoms with Gasteiger partial charge in [0.15, 0.2) is 16.7 Å². The molecular formula is C24H23ClN2O5S. The maximum Gasteiger partial charge on any atom is 0.338 e. The number of rotatable bonds is 8. The van der Waals surface area contributed by atoms with E-state index in [4.69, 9.17) is 25.8 Å². The van der Waals surface area contributed by atoms with E-state index in [9.17, 15) is 9.59 Å². The lowest BCUT2D eigenvalue weighted by atomic mass is 10.2. The molecule has 3 rings (SSSR count). The van der Waals surface area contributed by atoms with Crippen LogP contribution < -0.4 is 9.47 Å². The van der Waals surface area contributed by atoms with Gasteiger partial charge in [-0.3, -0.25) is 9.69 Å². The highest BCUT2D eigenvalue weighted by molar-refractivity contribution is 8.18. The Labute approximate surface area is 201 Å². The summed E-state index contributed by atoms with van der Waals surface area (Å²) < 4.78 is 15.9. The number of carbonyl (C=O) groups is 2. The van der Waals surface area contributed by atoms with Gasteiger partial charge in [0.05, 0.1) is 34.9 Å². The molecule has 33 heavy (non-hydrogen) atoms. The van der Waals surface area contributed by atoms with Crippen LogP contribution in [0.15, 0.2) is 59.0 Å². The smallest absolute Gasteiger partial charge is 0.338 e. The molecule has 0 unspecified atom stereocenters. The molecule has 2 aromatic carbocycles. The van der Waals surface area contributed by atoms with Gasteiger partial charge in [-0.25, -0.2) is 9.79 Å². The van der Waals surface area contributed by atoms with Gasteiger partial charge in [-0.15, -0.1) is 0 Å². The number of hydrogen-bond donors (Lipinski definition) is 0. The van der Waals surface area contributed by atoms with Crippen molar-refractivity contribution in [3.8, 4) is 11.5 Å². The molecule has 1 fully saturated rings. The van der Waals surface area contributed by atoms with E-state index in [1.807, 2.05) is 0 Å². The van der Waals surface area contributed by atoms with Crippen molar-refractivity contribution in [1.29, 1.82) is 0 Å². The lowest BCUT2D eigenvalue weighted by Gasteiger charge is -2.12. The molecule has 1 aliphatic rings. The van der Waals surface area contributed by atoms with Gasteiger partial charge >= 0.3 is 5.97 Å². The molecule has 1 aliphatic heterocycles. The van der Waals surface area contributed by atoms with E-state index < -0.39 is 0 Å². The summed E-state index contributed by atoms with van der Waals surface area (Å²) in [5.74, 6) is 0.288. The van der Waals surface area contributed by atoms with E-state index in [0.717, 1.165) is 0 Å². The van der Waals surface area contributed by atoms with E-state index in [2.05, 4.69) is 11.6 Å². The quantitative estimate of drug-likeness (QED) is 0.285. The first kappa shape index (κ1) is 24.4. The lowest BCUT2D eigenvalue weighted by Crippen LogP contribution is -2.23. The van der Waals surface area contributed by atoms with Crippen molar-refractivity contribution in [3.05, 3.63) is 70.1 Å². The van der Waals surface area contributed by atoms with E-state index in [1.165, 1.54) is 23.8 Å². The fourth-order valence-corrected chi connectivity index (χ4v) is 4.17. The molecule has 7 nitrogen and oxygen atoms in total. The predicted octanol–water partition coefficient (Wildman–Crippen LogP) is 5.32. The Morgan fingerprint density at radius 3 is 2.64 bits per heavy atom. The molecule has 0 aliphatic carbocycles. The molecule has 0 N–H and O–H groups in total. The number of methoxy groups -OCH3 is 1. The van der Waals surface area contributed by atoms with E-state index in [-0.39, 0.29) is 18.5 Å². The highest BCUT2D eigenvalue weighted by Gasteiger charge is 2.30. The van der Waals surface area contributed by atoms with Crippen molar-refractivity contribution >= 4 is 52.2 Å². The van der Waals surface area contributed by atoms with Crippen molar-refractivity contribution in [2.75, 3.05) is 27.4 Å². The highest BCUT2D eigenvalue weighted by Crippen LogP contribution is 2.39. The first-order valence-corrected chi connectivity index (χ1v) is 11.2. The summed E-state index contributed by atoms with van der Waals surface area (Å²) in [5, 5.41) is 0.876. The van der Waals surface area contributed by atoms with Crippen LogP contribution >= 0.6 is 23.4 Å². The third-order valence-electron chi connectivity index (χ3n) is 4.50. The molecule has 172 valence electrons. The van der Waals surface area contributed by atoms with Gasteiger partial charge in [0.2, 0.25) is 0 Å². The average molecular weight is 487 g/mol. The van der Waals surface area contributed by atoms with Crippen LogP contribution in [0.5, 0.6) is 11.5 Å². The summed E-state index contributed by atoms with van der Waals surface area (Å²) in [4.78, 5) is 31.1. The van der Waals surface area contributed by atoms with Gasteiger partial charge in [0.25, 0.3) is 5.91 Å². The first-order chi connectivity index (χ1) is 15.9. The molecule has 2 aromatic rings. The normalized spacial score (nSPS) is 15.8. The number of amides is 1. The number of likely N-dealkylation sites (N-methyl/N-ethyl adjacent to an activating group) is 1. The average Bonchev–Trinajstić information content (AvgIpc) is 3.06.